The van der Waals surface area contributed by atoms with Crippen molar-refractivity contribution in [2.75, 3.05) is 6.54 Å². The summed E-state index contributed by atoms with van der Waals surface area (Å²) in [5, 5.41) is 4.11. The maximum atomic E-state index is 5.34. The monoisotopic (exact) mass is 334 g/mol. The fraction of sp³-hybridized carbons (Fsp3) is 0.438. The summed E-state index contributed by atoms with van der Waals surface area (Å²) < 4.78 is 6.47. The molecule has 1 atom stereocenters. The van der Waals surface area contributed by atoms with Crippen LogP contribution in [0, 0.1) is 13.8 Å². The average molecular weight is 335 g/mol. The molecule has 1 fully saturated rings. The maximum Gasteiger partial charge on any atom is 0.138 e. The van der Waals surface area contributed by atoms with Gasteiger partial charge in [0.2, 0.25) is 0 Å². The van der Waals surface area contributed by atoms with Gasteiger partial charge in [-0.15, -0.1) is 0 Å². The third kappa shape index (κ3) is 2.67. The maximum absolute atomic E-state index is 5.34. The van der Waals surface area contributed by atoms with E-state index in [2.05, 4.69) is 50.3 Å². The lowest BCUT2D eigenvalue weighted by atomic mass is 10.0. The second-order valence-corrected chi connectivity index (χ2v) is 6.41. The first-order chi connectivity index (χ1) is 9.65. The van der Waals surface area contributed by atoms with Gasteiger partial charge in [0, 0.05) is 22.6 Å². The van der Waals surface area contributed by atoms with Crippen LogP contribution in [0.15, 0.2) is 33.3 Å². The number of aryl methyl sites for hydroxylation is 2. The number of halogens is 1. The van der Waals surface area contributed by atoms with E-state index < -0.39 is 0 Å². The lowest BCUT2D eigenvalue weighted by Gasteiger charge is -2.24. The van der Waals surface area contributed by atoms with E-state index in [-0.39, 0.29) is 0 Å². The molecule has 0 spiro atoms. The molecule has 1 unspecified atom stereocenters. The van der Waals surface area contributed by atoms with Gasteiger partial charge in [-0.2, -0.15) is 0 Å². The Balaban J connectivity index is 1.81. The SMILES string of the molecule is Cc1noc(C)c1C1CCCN1Cc1ccc(Br)cc1. The van der Waals surface area contributed by atoms with Gasteiger partial charge >= 0.3 is 0 Å². The van der Waals surface area contributed by atoms with Crippen LogP contribution in [-0.2, 0) is 6.54 Å². The Kier molecular flexibility index (Phi) is 3.94. The van der Waals surface area contributed by atoms with Gasteiger partial charge in [-0.25, -0.2) is 0 Å². The molecule has 2 heterocycles. The molecule has 1 aromatic heterocycles. The number of hydrogen-bond acceptors (Lipinski definition) is 3. The fourth-order valence-corrected chi connectivity index (χ4v) is 3.40. The van der Waals surface area contributed by atoms with Gasteiger partial charge < -0.3 is 4.52 Å². The molecule has 1 aliphatic rings. The zero-order chi connectivity index (χ0) is 14.1. The predicted octanol–water partition coefficient (Wildman–Crippen LogP) is 4.39. The Morgan fingerprint density at radius 2 is 2.05 bits per heavy atom. The molecule has 106 valence electrons. The fourth-order valence-electron chi connectivity index (χ4n) is 3.13. The van der Waals surface area contributed by atoms with Crippen LogP contribution in [0.4, 0.5) is 0 Å². The molecule has 3 nitrogen and oxygen atoms in total. The normalized spacial score (nSPS) is 19.6. The first-order valence-corrected chi connectivity index (χ1v) is 7.85. The van der Waals surface area contributed by atoms with Crippen molar-refractivity contribution in [2.24, 2.45) is 0 Å². The minimum Gasteiger partial charge on any atom is -0.361 e. The van der Waals surface area contributed by atoms with Crippen molar-refractivity contribution >= 4 is 15.9 Å². The molecule has 0 aliphatic carbocycles. The number of nitrogens with zero attached hydrogens (tertiary/aromatic N) is 2. The quantitative estimate of drug-likeness (QED) is 0.833. The Morgan fingerprint density at radius 3 is 2.70 bits per heavy atom. The van der Waals surface area contributed by atoms with Crippen molar-refractivity contribution in [1.82, 2.24) is 10.1 Å². The molecular weight excluding hydrogens is 316 g/mol. The van der Waals surface area contributed by atoms with Crippen LogP contribution < -0.4 is 0 Å². The topological polar surface area (TPSA) is 29.3 Å². The first-order valence-electron chi connectivity index (χ1n) is 7.06. The van der Waals surface area contributed by atoms with Gasteiger partial charge in [0.1, 0.15) is 5.76 Å². The highest BCUT2D eigenvalue weighted by molar-refractivity contribution is 9.10. The molecule has 1 saturated heterocycles. The Hall–Kier alpha value is -1.13. The van der Waals surface area contributed by atoms with Crippen LogP contribution in [-0.4, -0.2) is 16.6 Å². The van der Waals surface area contributed by atoms with E-state index in [1.165, 1.54) is 24.0 Å². The molecule has 0 saturated carbocycles. The van der Waals surface area contributed by atoms with E-state index in [0.717, 1.165) is 29.0 Å². The molecule has 20 heavy (non-hydrogen) atoms. The molecule has 0 amide bonds. The lowest BCUT2D eigenvalue weighted by molar-refractivity contribution is 0.245. The second kappa shape index (κ2) is 5.70. The summed E-state index contributed by atoms with van der Waals surface area (Å²) in [5.41, 5.74) is 3.68. The number of likely N-dealkylation sites (tertiary alicyclic amines) is 1. The lowest BCUT2D eigenvalue weighted by Crippen LogP contribution is -2.23. The molecule has 0 radical (unpaired) electrons. The first kappa shape index (κ1) is 13.8. The van der Waals surface area contributed by atoms with E-state index in [1.54, 1.807) is 0 Å². The van der Waals surface area contributed by atoms with Gasteiger partial charge in [-0.1, -0.05) is 33.2 Å². The van der Waals surface area contributed by atoms with E-state index in [9.17, 15) is 0 Å². The van der Waals surface area contributed by atoms with Crippen LogP contribution in [0.1, 0.15) is 41.5 Å². The molecule has 1 aromatic carbocycles. The second-order valence-electron chi connectivity index (χ2n) is 5.49. The van der Waals surface area contributed by atoms with Crippen LogP contribution in [0.2, 0.25) is 0 Å². The molecule has 2 aromatic rings. The van der Waals surface area contributed by atoms with Crippen molar-refractivity contribution in [3.8, 4) is 0 Å². The Morgan fingerprint density at radius 1 is 1.30 bits per heavy atom. The van der Waals surface area contributed by atoms with Gasteiger partial charge in [-0.05, 0) is 50.9 Å². The summed E-state index contributed by atoms with van der Waals surface area (Å²) in [6, 6.07) is 9.04. The molecule has 1 aliphatic heterocycles. The molecule has 3 rings (SSSR count). The summed E-state index contributed by atoms with van der Waals surface area (Å²) in [6.45, 7) is 6.19. The summed E-state index contributed by atoms with van der Waals surface area (Å²) in [7, 11) is 0. The highest BCUT2D eigenvalue weighted by Gasteiger charge is 2.30. The van der Waals surface area contributed by atoms with Crippen LogP contribution in [0.25, 0.3) is 0 Å². The van der Waals surface area contributed by atoms with Crippen molar-refractivity contribution in [1.29, 1.82) is 0 Å². The molecule has 0 N–H and O–H groups in total. The van der Waals surface area contributed by atoms with Gasteiger partial charge in [0.25, 0.3) is 0 Å². The summed E-state index contributed by atoms with van der Waals surface area (Å²) >= 11 is 3.49. The van der Waals surface area contributed by atoms with Crippen LogP contribution in [0.5, 0.6) is 0 Å². The van der Waals surface area contributed by atoms with Gasteiger partial charge in [0.05, 0.1) is 5.69 Å². The minimum atomic E-state index is 0.449. The summed E-state index contributed by atoms with van der Waals surface area (Å²) in [4.78, 5) is 2.54. The van der Waals surface area contributed by atoms with Crippen LogP contribution >= 0.6 is 15.9 Å². The van der Waals surface area contributed by atoms with Crippen molar-refractivity contribution in [2.45, 2.75) is 39.3 Å². The Labute approximate surface area is 128 Å². The van der Waals surface area contributed by atoms with Crippen molar-refractivity contribution < 1.29 is 4.52 Å². The highest BCUT2D eigenvalue weighted by atomic mass is 79.9. The third-order valence-corrected chi connectivity index (χ3v) is 4.61. The van der Waals surface area contributed by atoms with Gasteiger partial charge in [-0.3, -0.25) is 4.90 Å². The predicted molar refractivity (Wildman–Crippen MR) is 82.5 cm³/mol. The van der Waals surface area contributed by atoms with Crippen molar-refractivity contribution in [3.05, 3.63) is 51.3 Å². The van der Waals surface area contributed by atoms with Crippen molar-refractivity contribution in [3.63, 3.8) is 0 Å². The van der Waals surface area contributed by atoms with Gasteiger partial charge in [0.15, 0.2) is 0 Å². The third-order valence-electron chi connectivity index (χ3n) is 4.08. The average Bonchev–Trinajstić information content (AvgIpc) is 2.99. The van der Waals surface area contributed by atoms with E-state index >= 15 is 0 Å². The minimum absolute atomic E-state index is 0.449. The molecule has 4 heteroatoms. The number of rotatable bonds is 3. The van der Waals surface area contributed by atoms with E-state index in [4.69, 9.17) is 4.52 Å². The number of benzene rings is 1. The summed E-state index contributed by atoms with van der Waals surface area (Å²) in [5.74, 6) is 0.968. The zero-order valence-corrected chi connectivity index (χ0v) is 13.5. The van der Waals surface area contributed by atoms with E-state index in [0.29, 0.717) is 6.04 Å². The standard InChI is InChI=1S/C16H19BrN2O/c1-11-16(12(2)20-18-11)15-4-3-9-19(15)10-13-5-7-14(17)8-6-13/h5-8,15H,3-4,9-10H2,1-2H3. The largest absolute Gasteiger partial charge is 0.361 e. The smallest absolute Gasteiger partial charge is 0.138 e. The summed E-state index contributed by atoms with van der Waals surface area (Å²) in [6.07, 6.45) is 2.44. The number of aromatic nitrogens is 1. The molecular formula is C16H19BrN2O. The number of hydrogen-bond donors (Lipinski definition) is 0. The Bertz CT molecular complexity index is 572. The zero-order valence-electron chi connectivity index (χ0n) is 11.9. The van der Waals surface area contributed by atoms with Crippen LogP contribution in [0.3, 0.4) is 0 Å². The molecule has 0 bridgehead atoms. The van der Waals surface area contributed by atoms with E-state index in [1.807, 2.05) is 13.8 Å². The highest BCUT2D eigenvalue weighted by Crippen LogP contribution is 2.36.